The van der Waals surface area contributed by atoms with Crippen LogP contribution >= 0.6 is 11.8 Å². The zero-order chi connectivity index (χ0) is 22.3. The fourth-order valence-corrected chi connectivity index (χ4v) is 4.41. The summed E-state index contributed by atoms with van der Waals surface area (Å²) < 4.78 is 5.08. The minimum absolute atomic E-state index is 0.174. The van der Waals surface area contributed by atoms with E-state index in [0.29, 0.717) is 25.1 Å². The quantitative estimate of drug-likeness (QED) is 0.521. The van der Waals surface area contributed by atoms with Gasteiger partial charge in [0.25, 0.3) is 5.91 Å². The first kappa shape index (κ1) is 21.8. The van der Waals surface area contributed by atoms with Crippen LogP contribution in [0.25, 0.3) is 0 Å². The van der Waals surface area contributed by atoms with E-state index < -0.39 is 0 Å². The Morgan fingerprint density at radius 1 is 1.06 bits per heavy atom. The standard InChI is InChI=1S/C25H23N3O3S/c1-2-31-24(29)12-10-20-19-7-3-4-8-22(19)32-23-11-9-18(14-21(23)28-20)25(30)27-16-17-6-5-13-26-15-17/h3-9,11,13-15H,2,10,12,16H2,1H3,(H,27,30). The molecule has 0 radical (unpaired) electrons. The lowest BCUT2D eigenvalue weighted by Gasteiger charge is -2.08. The van der Waals surface area contributed by atoms with Gasteiger partial charge in [0.1, 0.15) is 0 Å². The molecule has 32 heavy (non-hydrogen) atoms. The number of aliphatic imine (C=N–C) groups is 1. The van der Waals surface area contributed by atoms with Gasteiger partial charge in [-0.15, -0.1) is 0 Å². The summed E-state index contributed by atoms with van der Waals surface area (Å²) in [6.45, 7) is 2.56. The molecule has 1 aliphatic heterocycles. The number of fused-ring (bicyclic) bond motifs is 2. The maximum atomic E-state index is 12.7. The van der Waals surface area contributed by atoms with Crippen LogP contribution < -0.4 is 5.32 Å². The molecule has 1 aromatic heterocycles. The van der Waals surface area contributed by atoms with Gasteiger partial charge in [-0.05, 0) is 42.8 Å². The number of aromatic nitrogens is 1. The maximum Gasteiger partial charge on any atom is 0.306 e. The molecule has 0 saturated carbocycles. The normalized spacial score (nSPS) is 12.1. The molecule has 1 N–H and O–H groups in total. The molecule has 0 fully saturated rings. The van der Waals surface area contributed by atoms with E-state index in [1.807, 2.05) is 48.5 Å². The molecule has 4 rings (SSSR count). The van der Waals surface area contributed by atoms with Gasteiger partial charge in [0.15, 0.2) is 0 Å². The third-order valence-corrected chi connectivity index (χ3v) is 6.08. The van der Waals surface area contributed by atoms with E-state index >= 15 is 0 Å². The highest BCUT2D eigenvalue weighted by atomic mass is 32.2. The van der Waals surface area contributed by atoms with Crippen molar-refractivity contribution in [2.24, 2.45) is 4.99 Å². The lowest BCUT2D eigenvalue weighted by Crippen LogP contribution is -2.22. The van der Waals surface area contributed by atoms with Crippen LogP contribution in [0.3, 0.4) is 0 Å². The molecule has 0 unspecified atom stereocenters. The fourth-order valence-electron chi connectivity index (χ4n) is 3.38. The molecule has 1 aliphatic rings. The number of carbonyl (C=O) groups is 2. The van der Waals surface area contributed by atoms with Gasteiger partial charge < -0.3 is 10.1 Å². The summed E-state index contributed by atoms with van der Waals surface area (Å²) in [6.07, 6.45) is 4.15. The van der Waals surface area contributed by atoms with Crippen molar-refractivity contribution < 1.29 is 14.3 Å². The molecule has 6 nitrogen and oxygen atoms in total. The topological polar surface area (TPSA) is 80.6 Å². The van der Waals surface area contributed by atoms with E-state index in [-0.39, 0.29) is 18.3 Å². The number of hydrogen-bond donors (Lipinski definition) is 1. The molecule has 1 amide bonds. The van der Waals surface area contributed by atoms with Crippen LogP contribution in [0.15, 0.2) is 81.8 Å². The lowest BCUT2D eigenvalue weighted by atomic mass is 10.1. The molecular formula is C25H23N3O3S. The number of amides is 1. The van der Waals surface area contributed by atoms with Gasteiger partial charge >= 0.3 is 5.97 Å². The molecule has 0 aliphatic carbocycles. The second-order valence-corrected chi connectivity index (χ2v) is 8.27. The Hall–Kier alpha value is -3.45. The van der Waals surface area contributed by atoms with Crippen LogP contribution in [-0.2, 0) is 16.1 Å². The molecule has 0 bridgehead atoms. The highest BCUT2D eigenvalue weighted by molar-refractivity contribution is 7.99. The van der Waals surface area contributed by atoms with Gasteiger partial charge in [0.05, 0.1) is 24.4 Å². The Labute approximate surface area is 191 Å². The summed E-state index contributed by atoms with van der Waals surface area (Å²) in [5.41, 5.74) is 4.00. The van der Waals surface area contributed by atoms with Crippen molar-refractivity contribution in [3.63, 3.8) is 0 Å². The Kier molecular flexibility index (Phi) is 6.97. The van der Waals surface area contributed by atoms with Gasteiger partial charge in [-0.1, -0.05) is 36.0 Å². The number of ether oxygens (including phenoxy) is 1. The summed E-state index contributed by atoms with van der Waals surface area (Å²) in [5, 5.41) is 2.92. The number of carbonyl (C=O) groups excluding carboxylic acids is 2. The molecular weight excluding hydrogens is 422 g/mol. The number of nitrogens with one attached hydrogen (secondary N) is 1. The van der Waals surface area contributed by atoms with Gasteiger partial charge in [0.2, 0.25) is 0 Å². The van der Waals surface area contributed by atoms with Gasteiger partial charge in [-0.3, -0.25) is 19.6 Å². The minimum Gasteiger partial charge on any atom is -0.466 e. The molecule has 0 atom stereocenters. The van der Waals surface area contributed by atoms with Crippen LogP contribution in [0.5, 0.6) is 0 Å². The van der Waals surface area contributed by atoms with Crippen molar-refractivity contribution in [2.75, 3.05) is 6.61 Å². The second-order valence-electron chi connectivity index (χ2n) is 7.19. The first-order valence-electron chi connectivity index (χ1n) is 10.5. The summed E-state index contributed by atoms with van der Waals surface area (Å²) in [5.74, 6) is -0.417. The average molecular weight is 446 g/mol. The Bertz CT molecular complexity index is 1160. The van der Waals surface area contributed by atoms with Crippen molar-refractivity contribution in [2.45, 2.75) is 36.1 Å². The number of nitrogens with zero attached hydrogens (tertiary/aromatic N) is 2. The highest BCUT2D eigenvalue weighted by Gasteiger charge is 2.19. The Morgan fingerprint density at radius 2 is 1.94 bits per heavy atom. The van der Waals surface area contributed by atoms with Crippen molar-refractivity contribution in [1.82, 2.24) is 10.3 Å². The predicted molar refractivity (Wildman–Crippen MR) is 124 cm³/mol. The lowest BCUT2D eigenvalue weighted by molar-refractivity contribution is -0.142. The third-order valence-electron chi connectivity index (χ3n) is 4.94. The number of hydrogen-bond acceptors (Lipinski definition) is 6. The SMILES string of the molecule is CCOC(=O)CCC1=Nc2cc(C(=O)NCc3cccnc3)ccc2Sc2ccccc21. The predicted octanol–water partition coefficient (Wildman–Crippen LogP) is 4.94. The third kappa shape index (κ3) is 5.23. The Balaban J connectivity index is 1.59. The van der Waals surface area contributed by atoms with Crippen molar-refractivity contribution in [3.05, 3.63) is 83.7 Å². The first-order chi connectivity index (χ1) is 15.6. The summed E-state index contributed by atoms with van der Waals surface area (Å²) in [4.78, 5) is 35.6. The molecule has 0 spiro atoms. The smallest absolute Gasteiger partial charge is 0.306 e. The van der Waals surface area contributed by atoms with E-state index in [1.54, 1.807) is 37.1 Å². The van der Waals surface area contributed by atoms with E-state index in [2.05, 4.69) is 10.3 Å². The van der Waals surface area contributed by atoms with Gasteiger partial charge in [-0.2, -0.15) is 0 Å². The van der Waals surface area contributed by atoms with Gasteiger partial charge in [0, 0.05) is 46.3 Å². The first-order valence-corrected chi connectivity index (χ1v) is 11.3. The monoisotopic (exact) mass is 445 g/mol. The van der Waals surface area contributed by atoms with Crippen LogP contribution in [0.1, 0.15) is 41.3 Å². The molecule has 3 aromatic rings. The second kappa shape index (κ2) is 10.2. The van der Waals surface area contributed by atoms with Gasteiger partial charge in [-0.25, -0.2) is 0 Å². The Morgan fingerprint density at radius 3 is 2.75 bits per heavy atom. The molecule has 0 saturated heterocycles. The van der Waals surface area contributed by atoms with E-state index in [0.717, 1.165) is 32.3 Å². The minimum atomic E-state index is -0.242. The number of esters is 1. The average Bonchev–Trinajstić information content (AvgIpc) is 2.98. The molecule has 162 valence electrons. The van der Waals surface area contributed by atoms with Crippen LogP contribution in [0, 0.1) is 0 Å². The zero-order valence-corrected chi connectivity index (χ0v) is 18.5. The largest absolute Gasteiger partial charge is 0.466 e. The number of benzene rings is 2. The summed E-state index contributed by atoms with van der Waals surface area (Å²) >= 11 is 1.61. The summed E-state index contributed by atoms with van der Waals surface area (Å²) in [6, 6.07) is 17.3. The van der Waals surface area contributed by atoms with Crippen molar-refractivity contribution >= 4 is 35.0 Å². The van der Waals surface area contributed by atoms with Crippen molar-refractivity contribution in [1.29, 1.82) is 0 Å². The van der Waals surface area contributed by atoms with Crippen LogP contribution in [0.4, 0.5) is 5.69 Å². The molecule has 7 heteroatoms. The van der Waals surface area contributed by atoms with E-state index in [9.17, 15) is 9.59 Å². The zero-order valence-electron chi connectivity index (χ0n) is 17.7. The number of pyridine rings is 1. The highest BCUT2D eigenvalue weighted by Crippen LogP contribution is 2.41. The van der Waals surface area contributed by atoms with E-state index in [1.165, 1.54) is 0 Å². The molecule has 2 heterocycles. The van der Waals surface area contributed by atoms with E-state index in [4.69, 9.17) is 9.73 Å². The number of rotatable bonds is 7. The maximum absolute atomic E-state index is 12.7. The summed E-state index contributed by atoms with van der Waals surface area (Å²) in [7, 11) is 0. The van der Waals surface area contributed by atoms with Crippen LogP contribution in [0.2, 0.25) is 0 Å². The van der Waals surface area contributed by atoms with Crippen molar-refractivity contribution in [3.8, 4) is 0 Å². The molecule has 2 aromatic carbocycles. The fraction of sp³-hybridized carbons (Fsp3) is 0.200. The van der Waals surface area contributed by atoms with Crippen LogP contribution in [-0.4, -0.2) is 29.2 Å².